The lowest BCUT2D eigenvalue weighted by Gasteiger charge is -2.13. The van der Waals surface area contributed by atoms with Crippen LogP contribution >= 0.6 is 46.1 Å². The van der Waals surface area contributed by atoms with Crippen molar-refractivity contribution >= 4 is 67.9 Å². The number of nitrogens with one attached hydrogen (secondary N) is 4. The average Bonchev–Trinajstić information content (AvgIpc) is 3.72. The fourth-order valence-electron chi connectivity index (χ4n) is 7.66. The van der Waals surface area contributed by atoms with E-state index in [4.69, 9.17) is 34.8 Å². The van der Waals surface area contributed by atoms with E-state index in [1.807, 2.05) is 61.5 Å². The lowest BCUT2D eigenvalue weighted by molar-refractivity contribution is 0.574. The van der Waals surface area contributed by atoms with E-state index >= 15 is 0 Å². The first kappa shape index (κ1) is 45.7. The molecule has 0 radical (unpaired) electrons. The van der Waals surface area contributed by atoms with E-state index < -0.39 is 0 Å². The summed E-state index contributed by atoms with van der Waals surface area (Å²) in [6.45, 7) is 6.35. The summed E-state index contributed by atoms with van der Waals surface area (Å²) in [7, 11) is 0. The van der Waals surface area contributed by atoms with Gasteiger partial charge < -0.3 is 25.8 Å². The molecule has 0 aliphatic rings. The third-order valence-electron chi connectivity index (χ3n) is 11.1. The van der Waals surface area contributed by atoms with Crippen LogP contribution in [0, 0.1) is 6.92 Å². The molecule has 0 aliphatic carbocycles. The summed E-state index contributed by atoms with van der Waals surface area (Å²) in [6.07, 6.45) is 6.35. The fraction of sp³-hybridized carbons (Fsp3) is 0.220. The highest BCUT2D eigenvalue weighted by molar-refractivity contribution is 7.17. The molecular weight excluding hydrogens is 897 g/mol. The van der Waals surface area contributed by atoms with Crippen molar-refractivity contribution in [3.05, 3.63) is 191 Å². The second-order valence-corrected chi connectivity index (χ2v) is 17.8. The number of halogens is 3. The van der Waals surface area contributed by atoms with Crippen molar-refractivity contribution in [2.24, 2.45) is 0 Å². The highest BCUT2D eigenvalue weighted by atomic mass is 35.5. The number of benzene rings is 4. The molecule has 0 saturated carbocycles. The number of fused-ring (bicyclic) bond motifs is 1. The molecule has 0 aliphatic heterocycles. The van der Waals surface area contributed by atoms with Crippen LogP contribution in [0.15, 0.2) is 137 Å². The van der Waals surface area contributed by atoms with Gasteiger partial charge in [-0.2, -0.15) is 0 Å². The van der Waals surface area contributed by atoms with Crippen LogP contribution in [0.4, 0.5) is 11.6 Å². The predicted molar refractivity (Wildman–Crippen MR) is 268 cm³/mol. The minimum Gasteiger partial charge on any atom is -0.365 e. The third kappa shape index (κ3) is 11.7. The number of anilines is 2. The van der Waals surface area contributed by atoms with Gasteiger partial charge in [0.1, 0.15) is 5.15 Å². The standard InChI is InChI=1S/C50H48Cl3N9O2S/c1-33-28-59-47(49(63)61(33)22-20-55-30-39-32-65-45-14-12-40(51)27-43(39)45)57-18-15-34-6-4-9-38(24-34)42-13-11-37(26-44(42)52)36-8-5-7-35(25-36)29-54-21-23-62-46(53)31-60-48(50(62)64)58-19-16-41-10-2-3-17-56-41/h2-14,17,24-28,31-32,54-55H,15-16,18-23,29-30H2,1H3,(H,57,59)(H,58,60). The first-order valence-electron chi connectivity index (χ1n) is 21.4. The second kappa shape index (κ2) is 21.9. The maximum Gasteiger partial charge on any atom is 0.294 e. The summed E-state index contributed by atoms with van der Waals surface area (Å²) >= 11 is 21.3. The number of thiophene rings is 1. The van der Waals surface area contributed by atoms with Crippen LogP contribution in [0.25, 0.3) is 32.3 Å². The Bertz CT molecular complexity index is 3030. The zero-order valence-corrected chi connectivity index (χ0v) is 38.9. The molecule has 0 unspecified atom stereocenters. The largest absolute Gasteiger partial charge is 0.365 e. The number of aromatic nitrogens is 5. The van der Waals surface area contributed by atoms with Crippen molar-refractivity contribution in [2.45, 2.75) is 45.9 Å². The Balaban J connectivity index is 0.819. The molecule has 0 bridgehead atoms. The van der Waals surface area contributed by atoms with E-state index in [2.05, 4.69) is 90.1 Å². The molecule has 8 rings (SSSR count). The van der Waals surface area contributed by atoms with E-state index in [1.165, 1.54) is 21.0 Å². The maximum absolute atomic E-state index is 13.4. The highest BCUT2D eigenvalue weighted by Crippen LogP contribution is 2.33. The Morgan fingerprint density at radius 2 is 1.34 bits per heavy atom. The van der Waals surface area contributed by atoms with Crippen molar-refractivity contribution in [3.63, 3.8) is 0 Å². The Morgan fingerprint density at radius 1 is 0.631 bits per heavy atom. The van der Waals surface area contributed by atoms with Gasteiger partial charge >= 0.3 is 0 Å². The minimum atomic E-state index is -0.263. The normalized spacial score (nSPS) is 11.3. The fourth-order valence-corrected chi connectivity index (χ4v) is 9.27. The molecule has 8 aromatic rings. The maximum atomic E-state index is 13.4. The van der Waals surface area contributed by atoms with Crippen molar-refractivity contribution in [2.75, 3.05) is 36.8 Å². The van der Waals surface area contributed by atoms with E-state index in [0.717, 1.165) is 55.2 Å². The molecule has 4 N–H and O–H groups in total. The first-order valence-corrected chi connectivity index (χ1v) is 23.5. The molecule has 11 nitrogen and oxygen atoms in total. The van der Waals surface area contributed by atoms with E-state index in [0.29, 0.717) is 76.0 Å². The number of hydrogen-bond donors (Lipinski definition) is 4. The number of rotatable bonds is 20. The van der Waals surface area contributed by atoms with Gasteiger partial charge in [0, 0.05) is 103 Å². The quantitative estimate of drug-likeness (QED) is 0.0552. The summed E-state index contributed by atoms with van der Waals surface area (Å²) in [4.78, 5) is 39.6. The second-order valence-electron chi connectivity index (χ2n) is 15.6. The topological polar surface area (TPSA) is 131 Å². The zero-order chi connectivity index (χ0) is 45.1. The number of aryl methyl sites for hydroxylation is 1. The summed E-state index contributed by atoms with van der Waals surface area (Å²) in [5, 5.41) is 18.3. The van der Waals surface area contributed by atoms with Gasteiger partial charge in [-0.3, -0.25) is 19.1 Å². The van der Waals surface area contributed by atoms with E-state index in [-0.39, 0.29) is 22.1 Å². The molecule has 4 aromatic heterocycles. The Kier molecular flexibility index (Phi) is 15.4. The lowest BCUT2D eigenvalue weighted by atomic mass is 9.97. The number of hydrogen-bond acceptors (Lipinski definition) is 10. The minimum absolute atomic E-state index is 0.137. The Labute approximate surface area is 396 Å². The van der Waals surface area contributed by atoms with Crippen molar-refractivity contribution in [1.29, 1.82) is 0 Å². The van der Waals surface area contributed by atoms with Gasteiger partial charge in [-0.25, -0.2) is 9.97 Å². The van der Waals surface area contributed by atoms with Gasteiger partial charge in [-0.05, 0) is 100.0 Å². The van der Waals surface area contributed by atoms with Crippen molar-refractivity contribution < 1.29 is 0 Å². The van der Waals surface area contributed by atoms with Gasteiger partial charge in [-0.1, -0.05) is 95.5 Å². The monoisotopic (exact) mass is 943 g/mol. The molecular formula is C50H48Cl3N9O2S. The van der Waals surface area contributed by atoms with Gasteiger partial charge in [-0.15, -0.1) is 11.3 Å². The van der Waals surface area contributed by atoms with Gasteiger partial charge in [0.25, 0.3) is 11.1 Å². The SMILES string of the molecule is Cc1cnc(NCCc2cccc(-c3ccc(-c4cccc(CNCCn5c(Cl)cnc(NCCc6ccccn6)c5=O)c4)cc3Cl)c2)c(=O)n1CCNCc1csc2ccc(Cl)cc12. The summed E-state index contributed by atoms with van der Waals surface area (Å²) < 4.78 is 4.49. The molecule has 0 fully saturated rings. The lowest BCUT2D eigenvalue weighted by Crippen LogP contribution is -2.31. The average molecular weight is 945 g/mol. The van der Waals surface area contributed by atoms with Gasteiger partial charge in [0.15, 0.2) is 11.6 Å². The van der Waals surface area contributed by atoms with E-state index in [9.17, 15) is 9.59 Å². The smallest absolute Gasteiger partial charge is 0.294 e. The summed E-state index contributed by atoms with van der Waals surface area (Å²) in [5.41, 5.74) is 8.75. The van der Waals surface area contributed by atoms with Crippen LogP contribution in [0.2, 0.25) is 15.2 Å². The molecule has 0 saturated heterocycles. The van der Waals surface area contributed by atoms with Crippen molar-refractivity contribution in [3.8, 4) is 22.3 Å². The summed E-state index contributed by atoms with van der Waals surface area (Å²) in [6, 6.07) is 34.5. The molecule has 0 amide bonds. The van der Waals surface area contributed by atoms with Gasteiger partial charge in [0.2, 0.25) is 0 Å². The Morgan fingerprint density at radius 3 is 2.14 bits per heavy atom. The van der Waals surface area contributed by atoms with E-state index in [1.54, 1.807) is 28.3 Å². The van der Waals surface area contributed by atoms with Crippen LogP contribution < -0.4 is 32.4 Å². The van der Waals surface area contributed by atoms with Crippen LogP contribution in [0.1, 0.15) is 28.1 Å². The predicted octanol–water partition coefficient (Wildman–Crippen LogP) is 9.90. The first-order chi connectivity index (χ1) is 31.7. The molecule has 4 aromatic carbocycles. The molecule has 0 atom stereocenters. The van der Waals surface area contributed by atoms with Crippen molar-refractivity contribution in [1.82, 2.24) is 34.7 Å². The Hall–Kier alpha value is -5.86. The third-order valence-corrected chi connectivity index (χ3v) is 13.0. The molecule has 65 heavy (non-hydrogen) atoms. The van der Waals surface area contributed by atoms with Gasteiger partial charge in [0.05, 0.1) is 6.20 Å². The van der Waals surface area contributed by atoms with Crippen LogP contribution in [-0.2, 0) is 39.0 Å². The van der Waals surface area contributed by atoms with Crippen LogP contribution in [-0.4, -0.2) is 50.3 Å². The molecule has 4 heterocycles. The number of nitrogens with zero attached hydrogens (tertiary/aromatic N) is 5. The van der Waals surface area contributed by atoms with Crippen LogP contribution in [0.3, 0.4) is 0 Å². The summed E-state index contributed by atoms with van der Waals surface area (Å²) in [5.74, 6) is 0.602. The number of pyridine rings is 1. The molecule has 0 spiro atoms. The zero-order valence-electron chi connectivity index (χ0n) is 35.8. The molecule has 15 heteroatoms. The highest BCUT2D eigenvalue weighted by Gasteiger charge is 2.13. The molecule has 332 valence electrons. The van der Waals surface area contributed by atoms with Crippen LogP contribution in [0.5, 0.6) is 0 Å².